The smallest absolute Gasteiger partial charge is 0.273 e. The molecule has 0 aliphatic rings. The first-order valence-corrected chi connectivity index (χ1v) is 3.60. The van der Waals surface area contributed by atoms with E-state index in [1.807, 2.05) is 4.72 Å². The summed E-state index contributed by atoms with van der Waals surface area (Å²) in [6, 6.07) is -0.245. The van der Waals surface area contributed by atoms with Crippen molar-refractivity contribution in [2.45, 2.75) is 19.9 Å². The van der Waals surface area contributed by atoms with Gasteiger partial charge >= 0.3 is 10.3 Å². The molecule has 0 spiro atoms. The first-order chi connectivity index (χ1) is 3.42. The van der Waals surface area contributed by atoms with Gasteiger partial charge < -0.3 is 0 Å². The Morgan fingerprint density at radius 1 is 1.44 bits per heavy atom. The quantitative estimate of drug-likeness (QED) is 0.624. The molecule has 0 unspecified atom stereocenters. The van der Waals surface area contributed by atoms with Crippen molar-refractivity contribution in [2.24, 2.45) is 0 Å². The molecule has 0 aliphatic heterocycles. The molecule has 0 amide bonds. The second kappa shape index (κ2) is 3.01. The van der Waals surface area contributed by atoms with Crippen LogP contribution in [0.2, 0.25) is 0 Å². The van der Waals surface area contributed by atoms with Crippen LogP contribution in [0, 0.1) is 0 Å². The third-order valence-electron chi connectivity index (χ3n) is 0.385. The third kappa shape index (κ3) is 10.9. The topological polar surface area (TPSA) is 66.4 Å². The van der Waals surface area contributed by atoms with E-state index in [1.54, 1.807) is 13.8 Å². The zero-order chi connectivity index (χ0) is 6.78. The summed E-state index contributed by atoms with van der Waals surface area (Å²) in [5.41, 5.74) is 0. The fraction of sp³-hybridized carbons (Fsp3) is 1.00. The summed E-state index contributed by atoms with van der Waals surface area (Å²) in [5.74, 6) is 0. The Kier molecular flexibility index (Phi) is 3.60. The predicted molar refractivity (Wildman–Crippen MR) is 29.8 cm³/mol. The van der Waals surface area contributed by atoms with E-state index >= 15 is 0 Å². The Labute approximate surface area is 48.8 Å². The van der Waals surface area contributed by atoms with Crippen molar-refractivity contribution in [2.75, 3.05) is 0 Å². The maximum Gasteiger partial charge on any atom is 0.333 e. The van der Waals surface area contributed by atoms with Gasteiger partial charge in [-0.25, -0.2) is 0 Å². The Morgan fingerprint density at radius 2 is 1.78 bits per heavy atom. The number of hydrogen-bond acceptors (Lipinski definition) is 2. The summed E-state index contributed by atoms with van der Waals surface area (Å²) in [5, 5.41) is 0. The van der Waals surface area contributed by atoms with E-state index in [0.29, 0.717) is 0 Å². The van der Waals surface area contributed by atoms with E-state index in [-0.39, 0.29) is 6.04 Å². The summed E-state index contributed by atoms with van der Waals surface area (Å²) in [4.78, 5) is 0. The predicted octanol–water partition coefficient (Wildman–Crippen LogP) is -0.213. The van der Waals surface area contributed by atoms with Crippen LogP contribution in [-0.4, -0.2) is 19.0 Å². The Balaban J connectivity index is 0. The van der Waals surface area contributed by atoms with Crippen molar-refractivity contribution >= 4 is 10.3 Å². The fourth-order valence-corrected chi connectivity index (χ4v) is 0.894. The molecular formula is C3H9NO3RfS. The van der Waals surface area contributed by atoms with Gasteiger partial charge in [-0.1, -0.05) is 0 Å². The van der Waals surface area contributed by atoms with Crippen molar-refractivity contribution in [3.63, 3.8) is 0 Å². The van der Waals surface area contributed by atoms with Gasteiger partial charge in [-0.2, -0.15) is 13.1 Å². The molecule has 6 heteroatoms. The molecule has 0 aromatic carbocycles. The molecule has 9 heavy (non-hydrogen) atoms. The van der Waals surface area contributed by atoms with Gasteiger partial charge in [0.25, 0.3) is 0 Å². The van der Waals surface area contributed by atoms with Crippen LogP contribution < -0.4 is 4.72 Å². The molecule has 4 nitrogen and oxygen atoms in total. The normalized spacial score (nSPS) is 11.1. The van der Waals surface area contributed by atoms with Crippen LogP contribution in [0.1, 0.15) is 13.8 Å². The van der Waals surface area contributed by atoms with E-state index in [2.05, 4.69) is 0 Å². The molecule has 2 N–H and O–H groups in total. The summed E-state index contributed by atoms with van der Waals surface area (Å²) in [6.07, 6.45) is 0. The van der Waals surface area contributed by atoms with Crippen molar-refractivity contribution in [3.8, 4) is 0 Å². The molecule has 0 aliphatic carbocycles. The fourth-order valence-electron chi connectivity index (χ4n) is 0.298. The van der Waals surface area contributed by atoms with Crippen LogP contribution in [0.25, 0.3) is 0 Å². The molecule has 0 aromatic heterocycles. The van der Waals surface area contributed by atoms with E-state index in [1.165, 1.54) is 0 Å². The van der Waals surface area contributed by atoms with E-state index in [9.17, 15) is 8.42 Å². The maximum atomic E-state index is 9.89. The first kappa shape index (κ1) is 10.8. The molecule has 0 aromatic rings. The largest absolute Gasteiger partial charge is 0.333 e. The summed E-state index contributed by atoms with van der Waals surface area (Å²) >= 11 is 0. The Hall–Kier alpha value is -1.13. The summed E-state index contributed by atoms with van der Waals surface area (Å²) < 4.78 is 29.7. The van der Waals surface area contributed by atoms with Crippen LogP contribution in [0.4, 0.5) is 0 Å². The minimum absolute atomic E-state index is 0. The number of nitrogens with one attached hydrogen (secondary N) is 1. The molecular weight excluding hydrogens is 397 g/mol. The van der Waals surface area contributed by atoms with Gasteiger partial charge in [0, 0.05) is 6.04 Å². The van der Waals surface area contributed by atoms with Crippen LogP contribution >= 0.6 is 0 Å². The molecule has 0 radical (unpaired) electrons. The molecule has 0 saturated heterocycles. The van der Waals surface area contributed by atoms with Crippen molar-refractivity contribution in [1.29, 1.82) is 0 Å². The molecule has 0 atom stereocenters. The van der Waals surface area contributed by atoms with E-state index in [0.717, 1.165) is 0 Å². The summed E-state index contributed by atoms with van der Waals surface area (Å²) in [7, 11) is -3.97. The van der Waals surface area contributed by atoms with Crippen molar-refractivity contribution in [1.82, 2.24) is 4.72 Å². The molecule has 0 saturated carbocycles. The first-order valence-electron chi connectivity index (χ1n) is 2.16. The minimum atomic E-state index is -3.97. The second-order valence-electron chi connectivity index (χ2n) is 1.75. The van der Waals surface area contributed by atoms with E-state index < -0.39 is 10.3 Å². The van der Waals surface area contributed by atoms with Gasteiger partial charge in [0.1, 0.15) is 0 Å². The van der Waals surface area contributed by atoms with Gasteiger partial charge in [-0.3, -0.25) is 4.55 Å². The number of hydrogen-bond donors (Lipinski definition) is 2. The standard InChI is InChI=1S/C3H9NO3S.Rf/c1-3(2)4-8(5,6)7;/h3-4H,1-2H3,(H,5,6,7);. The molecule has 52 valence electrons. The maximum absolute atomic E-state index is 9.89. The van der Waals surface area contributed by atoms with Gasteiger partial charge in [0.15, 0.2) is 0 Å². The monoisotopic (exact) mass is 406 g/mol. The average molecular weight is 406 g/mol. The van der Waals surface area contributed by atoms with Gasteiger partial charge in [-0.05, 0) is 13.8 Å². The van der Waals surface area contributed by atoms with Crippen LogP contribution in [0.15, 0.2) is 0 Å². The van der Waals surface area contributed by atoms with Gasteiger partial charge in [-0.15, -0.1) is 0 Å². The Morgan fingerprint density at radius 3 is 1.78 bits per heavy atom. The second-order valence-corrected chi connectivity index (χ2v) is 2.93. The molecule has 0 fully saturated rings. The van der Waals surface area contributed by atoms with Crippen LogP contribution in [0.3, 0.4) is 0 Å². The third-order valence-corrected chi connectivity index (χ3v) is 1.15. The zero-order valence-electron chi connectivity index (χ0n) is 5.46. The molecule has 0 bridgehead atoms. The minimum Gasteiger partial charge on any atom is -0.273 e. The molecule has 0 heterocycles. The van der Waals surface area contributed by atoms with Crippen molar-refractivity contribution < 1.29 is 13.0 Å². The zero-order valence-corrected chi connectivity index (χ0v) is 12.7. The summed E-state index contributed by atoms with van der Waals surface area (Å²) in [6.45, 7) is 3.24. The van der Waals surface area contributed by atoms with E-state index in [4.69, 9.17) is 4.55 Å². The van der Waals surface area contributed by atoms with Crippen molar-refractivity contribution in [3.05, 3.63) is 0 Å². The van der Waals surface area contributed by atoms with Crippen LogP contribution in [-0.2, 0) is 10.3 Å². The van der Waals surface area contributed by atoms with Gasteiger partial charge in [0.2, 0.25) is 0 Å². The average Bonchev–Trinajstić information content (AvgIpc) is 1.21. The SMILES string of the molecule is CC(C)NS(=O)(=O)O.[Rf]. The van der Waals surface area contributed by atoms with Crippen LogP contribution in [0.5, 0.6) is 0 Å². The Bertz CT molecular complexity index is 152. The van der Waals surface area contributed by atoms with Gasteiger partial charge in [0.05, 0.1) is 0 Å². The number of rotatable bonds is 2. The molecule has 0 rings (SSSR count).